The van der Waals surface area contributed by atoms with Crippen LogP contribution < -0.4 is 0 Å². The number of unbranched alkanes of at least 4 members (excludes halogenated alkanes) is 14. The van der Waals surface area contributed by atoms with Gasteiger partial charge >= 0.3 is 0 Å². The summed E-state index contributed by atoms with van der Waals surface area (Å²) >= 11 is 0. The van der Waals surface area contributed by atoms with Crippen LogP contribution in [0.3, 0.4) is 0 Å². The van der Waals surface area contributed by atoms with Crippen LogP contribution in [0.5, 0.6) is 0 Å². The van der Waals surface area contributed by atoms with E-state index in [1.807, 2.05) is 0 Å². The highest BCUT2D eigenvalue weighted by molar-refractivity contribution is 4.81. The van der Waals surface area contributed by atoms with Gasteiger partial charge in [-0.25, -0.2) is 0 Å². The molecule has 0 amide bonds. The lowest BCUT2D eigenvalue weighted by Crippen LogP contribution is -2.39. The van der Waals surface area contributed by atoms with E-state index in [4.69, 9.17) is 0 Å². The monoisotopic (exact) mass is 394 g/mol. The van der Waals surface area contributed by atoms with Crippen molar-refractivity contribution in [3.8, 4) is 0 Å². The second-order valence-electron chi connectivity index (χ2n) is 9.29. The molecule has 0 radical (unpaired) electrons. The SMILES string of the molecule is CCCCCCCCCCCCCCCCCC1N(CCC)CCN1CCC. The number of rotatable bonds is 20. The van der Waals surface area contributed by atoms with Crippen LogP contribution in [0, 0.1) is 0 Å². The van der Waals surface area contributed by atoms with E-state index >= 15 is 0 Å². The Labute approximate surface area is 178 Å². The van der Waals surface area contributed by atoms with Crippen molar-refractivity contribution in [2.24, 2.45) is 0 Å². The van der Waals surface area contributed by atoms with E-state index in [9.17, 15) is 0 Å². The van der Waals surface area contributed by atoms with E-state index in [0.29, 0.717) is 0 Å². The Morgan fingerprint density at radius 3 is 1.18 bits per heavy atom. The molecule has 0 bridgehead atoms. The van der Waals surface area contributed by atoms with E-state index < -0.39 is 0 Å². The predicted octanol–water partition coefficient (Wildman–Crippen LogP) is 8.01. The summed E-state index contributed by atoms with van der Waals surface area (Å²) in [6.45, 7) is 12.2. The molecular weight excluding hydrogens is 340 g/mol. The Balaban J connectivity index is 1.90. The molecule has 1 aliphatic rings. The first-order valence-electron chi connectivity index (χ1n) is 13.3. The fraction of sp³-hybridized carbons (Fsp3) is 1.00. The second-order valence-corrected chi connectivity index (χ2v) is 9.29. The average molecular weight is 395 g/mol. The summed E-state index contributed by atoms with van der Waals surface area (Å²) in [6, 6.07) is 0. The van der Waals surface area contributed by atoms with Crippen molar-refractivity contribution in [2.75, 3.05) is 26.2 Å². The first-order chi connectivity index (χ1) is 13.8. The van der Waals surface area contributed by atoms with Crippen molar-refractivity contribution in [1.29, 1.82) is 0 Å². The van der Waals surface area contributed by atoms with E-state index in [0.717, 1.165) is 6.17 Å². The first kappa shape index (κ1) is 26.0. The van der Waals surface area contributed by atoms with Crippen LogP contribution in [-0.4, -0.2) is 42.1 Å². The van der Waals surface area contributed by atoms with Gasteiger partial charge in [-0.2, -0.15) is 0 Å². The molecular formula is C26H54N2. The zero-order chi connectivity index (χ0) is 20.3. The lowest BCUT2D eigenvalue weighted by atomic mass is 10.0. The van der Waals surface area contributed by atoms with Crippen molar-refractivity contribution in [3.05, 3.63) is 0 Å². The maximum Gasteiger partial charge on any atom is 0.0623 e. The summed E-state index contributed by atoms with van der Waals surface area (Å²) in [5.41, 5.74) is 0. The zero-order valence-corrected chi connectivity index (χ0v) is 20.0. The van der Waals surface area contributed by atoms with Crippen molar-refractivity contribution in [3.63, 3.8) is 0 Å². The van der Waals surface area contributed by atoms with E-state index in [1.54, 1.807) is 0 Å². The molecule has 0 unspecified atom stereocenters. The third-order valence-corrected chi connectivity index (χ3v) is 6.60. The highest BCUT2D eigenvalue weighted by Crippen LogP contribution is 2.21. The molecule has 0 N–H and O–H groups in total. The smallest absolute Gasteiger partial charge is 0.0623 e. The Hall–Kier alpha value is -0.0800. The van der Waals surface area contributed by atoms with Gasteiger partial charge in [0.2, 0.25) is 0 Å². The van der Waals surface area contributed by atoms with Gasteiger partial charge in [0, 0.05) is 13.1 Å². The summed E-state index contributed by atoms with van der Waals surface area (Å²) in [5.74, 6) is 0. The largest absolute Gasteiger partial charge is 0.287 e. The Morgan fingerprint density at radius 1 is 0.464 bits per heavy atom. The van der Waals surface area contributed by atoms with Crippen molar-refractivity contribution >= 4 is 0 Å². The van der Waals surface area contributed by atoms with Gasteiger partial charge in [-0.3, -0.25) is 9.80 Å². The predicted molar refractivity (Wildman–Crippen MR) is 127 cm³/mol. The fourth-order valence-electron chi connectivity index (χ4n) is 4.95. The Kier molecular flexibility index (Phi) is 17.5. The molecule has 1 rings (SSSR count). The standard InChI is InChI=1S/C26H54N2/c1-4-7-8-9-10-11-12-13-14-15-16-17-18-19-20-21-26-27(22-5-2)24-25-28(26)23-6-3/h26H,4-25H2,1-3H3. The normalized spacial score (nSPS) is 16.4. The van der Waals surface area contributed by atoms with Gasteiger partial charge in [0.25, 0.3) is 0 Å². The van der Waals surface area contributed by atoms with Crippen molar-refractivity contribution in [1.82, 2.24) is 9.80 Å². The molecule has 168 valence electrons. The molecule has 28 heavy (non-hydrogen) atoms. The van der Waals surface area contributed by atoms with Crippen LogP contribution >= 0.6 is 0 Å². The van der Waals surface area contributed by atoms with E-state index in [-0.39, 0.29) is 0 Å². The van der Waals surface area contributed by atoms with Crippen LogP contribution in [0.25, 0.3) is 0 Å². The van der Waals surface area contributed by atoms with Gasteiger partial charge in [0.05, 0.1) is 6.17 Å². The van der Waals surface area contributed by atoms with Gasteiger partial charge in [-0.15, -0.1) is 0 Å². The van der Waals surface area contributed by atoms with Crippen LogP contribution in [0.15, 0.2) is 0 Å². The van der Waals surface area contributed by atoms with Gasteiger partial charge in [0.1, 0.15) is 0 Å². The molecule has 0 aromatic rings. The summed E-state index contributed by atoms with van der Waals surface area (Å²) in [7, 11) is 0. The summed E-state index contributed by atoms with van der Waals surface area (Å²) in [5, 5.41) is 0. The van der Waals surface area contributed by atoms with Crippen LogP contribution in [-0.2, 0) is 0 Å². The lowest BCUT2D eigenvalue weighted by Gasteiger charge is -2.30. The van der Waals surface area contributed by atoms with Crippen LogP contribution in [0.2, 0.25) is 0 Å². The first-order valence-corrected chi connectivity index (χ1v) is 13.3. The summed E-state index contributed by atoms with van der Waals surface area (Å²) in [4.78, 5) is 5.50. The van der Waals surface area contributed by atoms with Gasteiger partial charge in [-0.1, -0.05) is 117 Å². The highest BCUT2D eigenvalue weighted by atomic mass is 15.4. The molecule has 1 aliphatic heterocycles. The second kappa shape index (κ2) is 18.9. The molecule has 0 spiro atoms. The molecule has 0 aromatic carbocycles. The van der Waals surface area contributed by atoms with Crippen molar-refractivity contribution in [2.45, 2.75) is 143 Å². The fourth-order valence-corrected chi connectivity index (χ4v) is 4.95. The molecule has 0 aliphatic carbocycles. The van der Waals surface area contributed by atoms with E-state index in [2.05, 4.69) is 30.6 Å². The van der Waals surface area contributed by atoms with Crippen LogP contribution in [0.1, 0.15) is 136 Å². The van der Waals surface area contributed by atoms with Crippen LogP contribution in [0.4, 0.5) is 0 Å². The zero-order valence-electron chi connectivity index (χ0n) is 20.0. The number of hydrogen-bond donors (Lipinski definition) is 0. The van der Waals surface area contributed by atoms with Crippen molar-refractivity contribution < 1.29 is 0 Å². The lowest BCUT2D eigenvalue weighted by molar-refractivity contribution is 0.124. The minimum absolute atomic E-state index is 0.752. The van der Waals surface area contributed by atoms with Gasteiger partial charge in [-0.05, 0) is 32.4 Å². The minimum atomic E-state index is 0.752. The molecule has 0 atom stereocenters. The molecule has 1 heterocycles. The maximum atomic E-state index is 2.75. The summed E-state index contributed by atoms with van der Waals surface area (Å²) in [6.07, 6.45) is 26.7. The molecule has 0 aromatic heterocycles. The summed E-state index contributed by atoms with van der Waals surface area (Å²) < 4.78 is 0. The number of nitrogens with zero attached hydrogens (tertiary/aromatic N) is 2. The molecule has 1 fully saturated rings. The Morgan fingerprint density at radius 2 is 0.821 bits per heavy atom. The van der Waals surface area contributed by atoms with Gasteiger partial charge in [0.15, 0.2) is 0 Å². The third-order valence-electron chi connectivity index (χ3n) is 6.60. The maximum absolute atomic E-state index is 2.75. The average Bonchev–Trinajstić information content (AvgIpc) is 3.07. The highest BCUT2D eigenvalue weighted by Gasteiger charge is 2.29. The van der Waals surface area contributed by atoms with Gasteiger partial charge < -0.3 is 0 Å². The third kappa shape index (κ3) is 12.5. The quantitative estimate of drug-likeness (QED) is 0.193. The van der Waals surface area contributed by atoms with E-state index in [1.165, 1.54) is 142 Å². The molecule has 0 saturated carbocycles. The topological polar surface area (TPSA) is 6.48 Å². The molecule has 2 heteroatoms. The molecule has 2 nitrogen and oxygen atoms in total. The molecule has 1 saturated heterocycles. The number of hydrogen-bond acceptors (Lipinski definition) is 2. The Bertz CT molecular complexity index is 304. The minimum Gasteiger partial charge on any atom is -0.287 e.